The summed E-state index contributed by atoms with van der Waals surface area (Å²) in [6.07, 6.45) is 0. The Balaban J connectivity index is 2.01. The first-order valence-corrected chi connectivity index (χ1v) is 11.6. The normalized spacial score (nSPS) is 11.5. The fourth-order valence-corrected chi connectivity index (χ4v) is 6.49. The van der Waals surface area contributed by atoms with Gasteiger partial charge in [-0.1, -0.05) is 11.6 Å². The van der Waals surface area contributed by atoms with Gasteiger partial charge in [-0.2, -0.15) is 0 Å². The summed E-state index contributed by atoms with van der Waals surface area (Å²) in [5, 5.41) is 0.990. The molecule has 150 valence electrons. The Kier molecular flexibility index (Phi) is 5.90. The number of anilines is 1. The number of nitrogens with one attached hydrogen (secondary N) is 1. The van der Waals surface area contributed by atoms with Crippen LogP contribution in [-0.2, 0) is 10.0 Å². The molecule has 28 heavy (non-hydrogen) atoms. The Hall–Kier alpha value is -1.81. The quantitative estimate of drug-likeness (QED) is 0.544. The first kappa shape index (κ1) is 20.9. The highest BCUT2D eigenvalue weighted by atomic mass is 35.5. The maximum atomic E-state index is 13.0. The molecule has 3 rings (SSSR count). The number of hydrogen-bond donors (Lipinski definition) is 1. The minimum absolute atomic E-state index is 0.165. The van der Waals surface area contributed by atoms with E-state index in [1.54, 1.807) is 30.4 Å². The number of thiazole rings is 1. The molecular weight excluding hydrogens is 440 g/mol. The number of aromatic nitrogens is 1. The van der Waals surface area contributed by atoms with Crippen molar-refractivity contribution in [3.63, 3.8) is 0 Å². The van der Waals surface area contributed by atoms with Crippen molar-refractivity contribution in [2.75, 3.05) is 18.9 Å². The van der Waals surface area contributed by atoms with Crippen molar-refractivity contribution in [1.82, 2.24) is 4.98 Å². The average molecular weight is 459 g/mol. The zero-order chi connectivity index (χ0) is 20.6. The van der Waals surface area contributed by atoms with Crippen LogP contribution in [0, 0.1) is 20.8 Å². The SMILES string of the molecule is COc1cc(Cl)c(NS(=O)(=O)c2cc(-c3nc(C)c(C)s3)sc2C)c(OC)c1. The topological polar surface area (TPSA) is 77.5 Å². The molecular formula is C18H19ClN2O4S3. The van der Waals surface area contributed by atoms with E-state index in [1.807, 2.05) is 13.8 Å². The molecule has 10 heteroatoms. The van der Waals surface area contributed by atoms with Crippen LogP contribution in [-0.4, -0.2) is 27.6 Å². The van der Waals surface area contributed by atoms with Crippen LogP contribution in [0.1, 0.15) is 15.4 Å². The summed E-state index contributed by atoms with van der Waals surface area (Å²) >= 11 is 9.19. The van der Waals surface area contributed by atoms with Gasteiger partial charge in [-0.15, -0.1) is 22.7 Å². The molecule has 0 bridgehead atoms. The summed E-state index contributed by atoms with van der Waals surface area (Å²) in [5.74, 6) is 0.737. The van der Waals surface area contributed by atoms with E-state index < -0.39 is 10.0 Å². The van der Waals surface area contributed by atoms with Gasteiger partial charge in [-0.3, -0.25) is 4.72 Å². The number of thiophene rings is 1. The molecule has 0 amide bonds. The third-order valence-electron chi connectivity index (χ3n) is 4.12. The summed E-state index contributed by atoms with van der Waals surface area (Å²) in [6, 6.07) is 4.73. The molecule has 1 N–H and O–H groups in total. The summed E-state index contributed by atoms with van der Waals surface area (Å²) in [7, 11) is -0.949. The monoisotopic (exact) mass is 458 g/mol. The Morgan fingerprint density at radius 1 is 1.04 bits per heavy atom. The van der Waals surface area contributed by atoms with Crippen molar-refractivity contribution in [2.45, 2.75) is 25.7 Å². The third-order valence-corrected chi connectivity index (χ3v) is 8.32. The lowest BCUT2D eigenvalue weighted by atomic mass is 10.3. The molecule has 0 radical (unpaired) electrons. The van der Waals surface area contributed by atoms with E-state index in [0.29, 0.717) is 10.6 Å². The number of sulfonamides is 1. The third kappa shape index (κ3) is 3.98. The smallest absolute Gasteiger partial charge is 0.263 e. The Morgan fingerprint density at radius 3 is 2.32 bits per heavy atom. The first-order valence-electron chi connectivity index (χ1n) is 8.15. The maximum Gasteiger partial charge on any atom is 0.263 e. The molecule has 0 saturated heterocycles. The molecule has 2 heterocycles. The lowest BCUT2D eigenvalue weighted by Gasteiger charge is -2.14. The van der Waals surface area contributed by atoms with Crippen LogP contribution in [0.4, 0.5) is 5.69 Å². The Labute approximate surface area is 177 Å². The molecule has 0 fully saturated rings. The molecule has 6 nitrogen and oxygen atoms in total. The molecule has 0 atom stereocenters. The van der Waals surface area contributed by atoms with Gasteiger partial charge in [0.1, 0.15) is 27.1 Å². The molecule has 0 spiro atoms. The van der Waals surface area contributed by atoms with Gasteiger partial charge in [-0.25, -0.2) is 13.4 Å². The van der Waals surface area contributed by atoms with E-state index >= 15 is 0 Å². The van der Waals surface area contributed by atoms with Gasteiger partial charge in [0.25, 0.3) is 10.0 Å². The molecule has 1 aromatic carbocycles. The zero-order valence-electron chi connectivity index (χ0n) is 15.9. The van der Waals surface area contributed by atoms with Crippen LogP contribution in [0.5, 0.6) is 11.5 Å². The highest BCUT2D eigenvalue weighted by Gasteiger charge is 2.24. The predicted octanol–water partition coefficient (Wildman–Crippen LogP) is 5.27. The summed E-state index contributed by atoms with van der Waals surface area (Å²) in [5.41, 5.74) is 1.11. The minimum atomic E-state index is -3.88. The zero-order valence-corrected chi connectivity index (χ0v) is 19.1. The van der Waals surface area contributed by atoms with Crippen LogP contribution in [0.15, 0.2) is 23.1 Å². The summed E-state index contributed by atoms with van der Waals surface area (Å²) < 4.78 is 39.1. The number of hydrogen-bond acceptors (Lipinski definition) is 7. The van der Waals surface area contributed by atoms with Crippen molar-refractivity contribution in [2.24, 2.45) is 0 Å². The number of halogens is 1. The van der Waals surface area contributed by atoms with E-state index in [9.17, 15) is 8.42 Å². The van der Waals surface area contributed by atoms with Gasteiger partial charge < -0.3 is 9.47 Å². The van der Waals surface area contributed by atoms with Crippen LogP contribution >= 0.6 is 34.3 Å². The van der Waals surface area contributed by atoms with Gasteiger partial charge in [-0.05, 0) is 26.8 Å². The second-order valence-electron chi connectivity index (χ2n) is 5.98. The van der Waals surface area contributed by atoms with Crippen molar-refractivity contribution < 1.29 is 17.9 Å². The van der Waals surface area contributed by atoms with Crippen LogP contribution < -0.4 is 14.2 Å². The van der Waals surface area contributed by atoms with E-state index in [2.05, 4.69) is 9.71 Å². The average Bonchev–Trinajstić information content (AvgIpc) is 3.19. The van der Waals surface area contributed by atoms with Crippen LogP contribution in [0.25, 0.3) is 9.88 Å². The largest absolute Gasteiger partial charge is 0.497 e. The molecule has 0 aliphatic carbocycles. The van der Waals surface area contributed by atoms with Gasteiger partial charge >= 0.3 is 0 Å². The number of rotatable bonds is 6. The van der Waals surface area contributed by atoms with E-state index in [0.717, 1.165) is 20.5 Å². The molecule has 0 aliphatic heterocycles. The van der Waals surface area contributed by atoms with E-state index in [1.165, 1.54) is 31.6 Å². The van der Waals surface area contributed by atoms with Crippen LogP contribution in [0.3, 0.4) is 0 Å². The van der Waals surface area contributed by atoms with Crippen molar-refractivity contribution in [3.8, 4) is 21.4 Å². The lowest BCUT2D eigenvalue weighted by molar-refractivity contribution is 0.395. The first-order chi connectivity index (χ1) is 13.2. The Bertz CT molecular complexity index is 1120. The van der Waals surface area contributed by atoms with Crippen LogP contribution in [0.2, 0.25) is 5.02 Å². The highest BCUT2D eigenvalue weighted by Crippen LogP contribution is 2.40. The van der Waals surface area contributed by atoms with E-state index in [-0.39, 0.29) is 21.4 Å². The van der Waals surface area contributed by atoms with E-state index in [4.69, 9.17) is 21.1 Å². The number of nitrogens with zero attached hydrogens (tertiary/aromatic N) is 1. The second-order valence-corrected chi connectivity index (χ2v) is 10.5. The number of aryl methyl sites for hydroxylation is 3. The standard InChI is InChI=1S/C18H19ClN2O4S3/c1-9-10(2)27-18(20-9)15-8-16(11(3)26-15)28(22,23)21-17-13(19)6-12(24-4)7-14(17)25-5/h6-8,21H,1-5H3. The van der Waals surface area contributed by atoms with Crippen molar-refractivity contribution >= 4 is 50.0 Å². The molecule has 0 unspecified atom stereocenters. The number of benzene rings is 1. The minimum Gasteiger partial charge on any atom is -0.497 e. The fourth-order valence-electron chi connectivity index (χ4n) is 2.54. The number of methoxy groups -OCH3 is 2. The molecule has 0 aliphatic rings. The molecule has 2 aromatic heterocycles. The fraction of sp³-hybridized carbons (Fsp3) is 0.278. The predicted molar refractivity (Wildman–Crippen MR) is 115 cm³/mol. The number of ether oxygens (including phenoxy) is 2. The summed E-state index contributed by atoms with van der Waals surface area (Å²) in [4.78, 5) is 7.29. The van der Waals surface area contributed by atoms with Gasteiger partial charge in [0.2, 0.25) is 0 Å². The maximum absolute atomic E-state index is 13.0. The molecule has 0 saturated carbocycles. The summed E-state index contributed by atoms with van der Waals surface area (Å²) in [6.45, 7) is 5.70. The second kappa shape index (κ2) is 7.90. The Morgan fingerprint density at radius 2 is 1.75 bits per heavy atom. The van der Waals surface area contributed by atoms with Gasteiger partial charge in [0.05, 0.1) is 29.8 Å². The van der Waals surface area contributed by atoms with Crippen molar-refractivity contribution in [1.29, 1.82) is 0 Å². The lowest BCUT2D eigenvalue weighted by Crippen LogP contribution is -2.14. The van der Waals surface area contributed by atoms with Crippen molar-refractivity contribution in [3.05, 3.63) is 38.7 Å². The highest BCUT2D eigenvalue weighted by molar-refractivity contribution is 7.93. The van der Waals surface area contributed by atoms with Gasteiger partial charge in [0.15, 0.2) is 0 Å². The van der Waals surface area contributed by atoms with Gasteiger partial charge in [0, 0.05) is 21.9 Å². The molecule has 3 aromatic rings.